The summed E-state index contributed by atoms with van der Waals surface area (Å²) in [6.45, 7) is 0. The van der Waals surface area contributed by atoms with Gasteiger partial charge in [-0.25, -0.2) is 9.78 Å². The number of benzene rings is 3. The minimum absolute atomic E-state index is 0.128. The molecule has 0 aliphatic heterocycles. The summed E-state index contributed by atoms with van der Waals surface area (Å²) in [6, 6.07) is 26.6. The fourth-order valence-electron chi connectivity index (χ4n) is 3.86. The van der Waals surface area contributed by atoms with E-state index in [9.17, 15) is 19.7 Å². The van der Waals surface area contributed by atoms with Gasteiger partial charge in [-0.3, -0.25) is 14.9 Å². The number of hydrogen-bond acceptors (Lipinski definition) is 7. The molecule has 1 atom stereocenters. The molecule has 0 fully saturated rings. The molecular weight excluding hydrogens is 476 g/mol. The average molecular weight is 495 g/mol. The van der Waals surface area contributed by atoms with Crippen molar-refractivity contribution in [3.63, 3.8) is 0 Å². The number of Topliss-reactive ketones (excluding diaryl/α,β-unsaturated/α-hetero) is 1. The zero-order chi connectivity index (χ0) is 25.1. The van der Waals surface area contributed by atoms with Crippen molar-refractivity contribution < 1.29 is 19.2 Å². The second-order valence-electron chi connectivity index (χ2n) is 7.91. The van der Waals surface area contributed by atoms with Crippen molar-refractivity contribution >= 4 is 39.7 Å². The number of hydrogen-bond donors (Lipinski definition) is 0. The monoisotopic (exact) mass is 494 g/mol. The number of pyridine rings is 1. The molecule has 0 saturated carbocycles. The van der Waals surface area contributed by atoms with Crippen LogP contribution in [-0.2, 0) is 4.74 Å². The molecule has 0 spiro atoms. The van der Waals surface area contributed by atoms with Crippen LogP contribution in [0.25, 0.3) is 21.5 Å². The molecule has 0 N–H and O–H groups in total. The summed E-state index contributed by atoms with van der Waals surface area (Å²) in [5.41, 5.74) is 2.08. The molecule has 0 aliphatic rings. The fraction of sp³-hybridized carbons (Fsp3) is 0.0357. The first-order chi connectivity index (χ1) is 17.5. The zero-order valence-corrected chi connectivity index (χ0v) is 19.6. The number of rotatable bonds is 7. The lowest BCUT2D eigenvalue weighted by atomic mass is 9.99. The zero-order valence-electron chi connectivity index (χ0n) is 18.7. The summed E-state index contributed by atoms with van der Waals surface area (Å²) in [5, 5.41) is 13.6. The molecule has 0 saturated heterocycles. The van der Waals surface area contributed by atoms with E-state index < -0.39 is 22.8 Å². The van der Waals surface area contributed by atoms with Gasteiger partial charge in [0.1, 0.15) is 0 Å². The average Bonchev–Trinajstić information content (AvgIpc) is 3.46. The van der Waals surface area contributed by atoms with Gasteiger partial charge in [0.2, 0.25) is 5.78 Å². The van der Waals surface area contributed by atoms with Crippen LogP contribution in [-0.4, -0.2) is 21.7 Å². The number of non-ortho nitro benzene ring substituents is 1. The van der Waals surface area contributed by atoms with Gasteiger partial charge in [0.25, 0.3) is 5.69 Å². The van der Waals surface area contributed by atoms with Crippen LogP contribution in [0.5, 0.6) is 0 Å². The molecule has 0 unspecified atom stereocenters. The Bertz CT molecular complexity index is 1570. The van der Waals surface area contributed by atoms with Crippen molar-refractivity contribution in [2.45, 2.75) is 6.10 Å². The number of fused-ring (bicyclic) bond motifs is 1. The number of esters is 1. The lowest BCUT2D eigenvalue weighted by Gasteiger charge is -2.18. The van der Waals surface area contributed by atoms with Crippen molar-refractivity contribution in [3.8, 4) is 10.6 Å². The Balaban J connectivity index is 1.57. The van der Waals surface area contributed by atoms with Gasteiger partial charge in [0.15, 0.2) is 6.10 Å². The van der Waals surface area contributed by atoms with Gasteiger partial charge in [-0.05, 0) is 35.7 Å². The summed E-state index contributed by atoms with van der Waals surface area (Å²) in [4.78, 5) is 43.1. The minimum Gasteiger partial charge on any atom is -0.445 e. The molecule has 2 aromatic heterocycles. The number of nitro benzene ring substituents is 1. The van der Waals surface area contributed by atoms with E-state index in [-0.39, 0.29) is 11.3 Å². The predicted octanol–water partition coefficient (Wildman–Crippen LogP) is 6.65. The van der Waals surface area contributed by atoms with Crippen LogP contribution in [0.2, 0.25) is 0 Å². The van der Waals surface area contributed by atoms with E-state index >= 15 is 0 Å². The fourth-order valence-corrected chi connectivity index (χ4v) is 4.55. The maximum absolute atomic E-state index is 13.6. The first-order valence-electron chi connectivity index (χ1n) is 11.0. The highest BCUT2D eigenvalue weighted by molar-refractivity contribution is 7.13. The smallest absolute Gasteiger partial charge is 0.339 e. The van der Waals surface area contributed by atoms with Crippen LogP contribution >= 0.6 is 11.3 Å². The van der Waals surface area contributed by atoms with E-state index in [0.29, 0.717) is 27.7 Å². The number of nitrogens with zero attached hydrogens (tertiary/aromatic N) is 2. The number of nitro groups is 1. The van der Waals surface area contributed by atoms with Crippen LogP contribution in [0.4, 0.5) is 5.69 Å². The standard InChI is InChI=1S/C28H18N2O5S/c31-26(18-7-2-1-3-8-18)27(19-12-14-20(15-13-19)30(33)34)35-28(32)22-17-24(25-11-6-16-36-25)29-23-10-5-4-9-21(22)23/h1-17,27H/t27-/m1/s1. The molecule has 0 radical (unpaired) electrons. The Morgan fingerprint density at radius 2 is 1.61 bits per heavy atom. The van der Waals surface area contributed by atoms with Gasteiger partial charge < -0.3 is 4.74 Å². The molecule has 0 amide bonds. The number of para-hydroxylation sites is 1. The van der Waals surface area contributed by atoms with E-state index in [2.05, 4.69) is 4.98 Å². The summed E-state index contributed by atoms with van der Waals surface area (Å²) < 4.78 is 5.84. The first-order valence-corrected chi connectivity index (χ1v) is 11.9. The largest absolute Gasteiger partial charge is 0.445 e. The number of carbonyl (C=O) groups excluding carboxylic acids is 2. The van der Waals surface area contributed by atoms with Crippen molar-refractivity contribution in [1.82, 2.24) is 4.98 Å². The Kier molecular flexibility index (Phi) is 6.34. The molecule has 0 aliphatic carbocycles. The summed E-state index contributed by atoms with van der Waals surface area (Å²) in [6.07, 6.45) is -1.29. The van der Waals surface area contributed by atoms with Gasteiger partial charge in [-0.15, -0.1) is 11.3 Å². The molecule has 7 nitrogen and oxygen atoms in total. The Morgan fingerprint density at radius 1 is 0.889 bits per heavy atom. The third-order valence-corrected chi connectivity index (χ3v) is 6.53. The second-order valence-corrected chi connectivity index (χ2v) is 8.86. The third-order valence-electron chi connectivity index (χ3n) is 5.64. The SMILES string of the molecule is O=C(O[C@@H](C(=O)c1ccccc1)c1ccc([N+](=O)[O-])cc1)c1cc(-c2cccs2)nc2ccccc12. The third kappa shape index (κ3) is 4.62. The molecular formula is C28H18N2O5S. The topological polar surface area (TPSA) is 99.4 Å². The quantitative estimate of drug-likeness (QED) is 0.109. The summed E-state index contributed by atoms with van der Waals surface area (Å²) >= 11 is 1.50. The Labute approximate surface area is 209 Å². The van der Waals surface area contributed by atoms with E-state index in [1.54, 1.807) is 48.5 Å². The number of aromatic nitrogens is 1. The van der Waals surface area contributed by atoms with Gasteiger partial charge in [0.05, 0.1) is 26.6 Å². The van der Waals surface area contributed by atoms with E-state index in [4.69, 9.17) is 4.74 Å². The van der Waals surface area contributed by atoms with Crippen LogP contribution < -0.4 is 0 Å². The maximum Gasteiger partial charge on any atom is 0.339 e. The van der Waals surface area contributed by atoms with E-state index in [1.807, 2.05) is 29.6 Å². The lowest BCUT2D eigenvalue weighted by molar-refractivity contribution is -0.384. The number of ketones is 1. The van der Waals surface area contributed by atoms with Gasteiger partial charge in [-0.1, -0.05) is 54.6 Å². The van der Waals surface area contributed by atoms with E-state index in [0.717, 1.165) is 4.88 Å². The number of thiophene rings is 1. The number of carbonyl (C=O) groups is 2. The van der Waals surface area contributed by atoms with Crippen LogP contribution in [0.15, 0.2) is 102 Å². The normalized spacial score (nSPS) is 11.7. The molecule has 8 heteroatoms. The summed E-state index contributed by atoms with van der Waals surface area (Å²) in [5.74, 6) is -1.13. The lowest BCUT2D eigenvalue weighted by Crippen LogP contribution is -2.20. The molecule has 36 heavy (non-hydrogen) atoms. The molecule has 2 heterocycles. The predicted molar refractivity (Wildman–Crippen MR) is 137 cm³/mol. The highest BCUT2D eigenvalue weighted by Crippen LogP contribution is 2.31. The van der Waals surface area contributed by atoms with Gasteiger partial charge in [0, 0.05) is 28.6 Å². The second kappa shape index (κ2) is 9.89. The van der Waals surface area contributed by atoms with Gasteiger partial charge >= 0.3 is 5.97 Å². The number of ether oxygens (including phenoxy) is 1. The van der Waals surface area contributed by atoms with Crippen molar-refractivity contribution in [3.05, 3.63) is 129 Å². The highest BCUT2D eigenvalue weighted by atomic mass is 32.1. The molecule has 3 aromatic carbocycles. The van der Waals surface area contributed by atoms with Crippen LogP contribution in [0.3, 0.4) is 0 Å². The van der Waals surface area contributed by atoms with E-state index in [1.165, 1.54) is 35.6 Å². The highest BCUT2D eigenvalue weighted by Gasteiger charge is 2.28. The van der Waals surface area contributed by atoms with Gasteiger partial charge in [-0.2, -0.15) is 0 Å². The van der Waals surface area contributed by atoms with Crippen LogP contribution in [0.1, 0.15) is 32.4 Å². The molecule has 5 rings (SSSR count). The molecule has 176 valence electrons. The first kappa shape index (κ1) is 23.1. The van der Waals surface area contributed by atoms with Crippen molar-refractivity contribution in [2.24, 2.45) is 0 Å². The maximum atomic E-state index is 13.6. The summed E-state index contributed by atoms with van der Waals surface area (Å²) in [7, 11) is 0. The molecule has 0 bridgehead atoms. The van der Waals surface area contributed by atoms with Crippen LogP contribution in [0, 0.1) is 10.1 Å². The Hall–Kier alpha value is -4.69. The Morgan fingerprint density at radius 3 is 2.31 bits per heavy atom. The van der Waals surface area contributed by atoms with Crippen molar-refractivity contribution in [1.29, 1.82) is 0 Å². The van der Waals surface area contributed by atoms with Crippen molar-refractivity contribution in [2.75, 3.05) is 0 Å². The molecule has 5 aromatic rings. The minimum atomic E-state index is -1.29.